The van der Waals surface area contributed by atoms with Crippen LogP contribution < -0.4 is 15.1 Å². The van der Waals surface area contributed by atoms with Gasteiger partial charge in [-0.25, -0.2) is 9.18 Å². The number of carboxylic acids is 1. The molecule has 37 heavy (non-hydrogen) atoms. The van der Waals surface area contributed by atoms with Crippen molar-refractivity contribution in [3.63, 3.8) is 0 Å². The molecule has 0 bridgehead atoms. The summed E-state index contributed by atoms with van der Waals surface area (Å²) in [4.78, 5) is 41.9. The van der Waals surface area contributed by atoms with E-state index in [0.29, 0.717) is 30.7 Å². The van der Waals surface area contributed by atoms with Crippen molar-refractivity contribution in [2.45, 2.75) is 37.8 Å². The van der Waals surface area contributed by atoms with Crippen LogP contribution in [0, 0.1) is 11.7 Å². The molecule has 1 N–H and O–H groups in total. The molecule has 2 aromatic carbocycles. The Bertz CT molecular complexity index is 1470. The van der Waals surface area contributed by atoms with Gasteiger partial charge >= 0.3 is 5.97 Å². The van der Waals surface area contributed by atoms with Crippen molar-refractivity contribution in [2.75, 3.05) is 31.6 Å². The number of aromatic carboxylic acids is 1. The number of aromatic nitrogens is 1. The number of methoxy groups -OCH3 is 1. The normalized spacial score (nSPS) is 21.2. The number of hydrogen-bond acceptors (Lipinski definition) is 5. The molecule has 6 rings (SSSR count). The number of anilines is 1. The average Bonchev–Trinajstić information content (AvgIpc) is 3.66. The van der Waals surface area contributed by atoms with Gasteiger partial charge in [-0.05, 0) is 49.8 Å². The highest BCUT2D eigenvalue weighted by Gasteiger charge is 2.43. The molecule has 0 spiro atoms. The van der Waals surface area contributed by atoms with Crippen molar-refractivity contribution in [1.29, 1.82) is 0 Å². The molecule has 0 unspecified atom stereocenters. The molecule has 2 saturated heterocycles. The van der Waals surface area contributed by atoms with E-state index in [4.69, 9.17) is 4.74 Å². The zero-order chi connectivity index (χ0) is 25.8. The van der Waals surface area contributed by atoms with Gasteiger partial charge in [-0.15, -0.1) is 0 Å². The lowest BCUT2D eigenvalue weighted by Gasteiger charge is -2.37. The Morgan fingerprint density at radius 2 is 1.86 bits per heavy atom. The molecule has 8 nitrogen and oxygen atoms in total. The van der Waals surface area contributed by atoms with E-state index in [1.165, 1.54) is 13.3 Å². The predicted molar refractivity (Wildman–Crippen MR) is 136 cm³/mol. The molecule has 3 fully saturated rings. The summed E-state index contributed by atoms with van der Waals surface area (Å²) >= 11 is 0. The average molecular weight is 506 g/mol. The first-order valence-electron chi connectivity index (χ1n) is 12.7. The van der Waals surface area contributed by atoms with Crippen molar-refractivity contribution < 1.29 is 23.8 Å². The summed E-state index contributed by atoms with van der Waals surface area (Å²) in [5.74, 6) is -1.58. The summed E-state index contributed by atoms with van der Waals surface area (Å²) in [6, 6.07) is 10.3. The maximum absolute atomic E-state index is 15.8. The maximum atomic E-state index is 15.8. The fraction of sp³-hybridized carbons (Fsp3) is 0.393. The number of hydrogen-bond donors (Lipinski definition) is 1. The second-order valence-electron chi connectivity index (χ2n) is 10.2. The minimum atomic E-state index is -1.34. The number of carboxylic acid groups (broad SMARTS) is 1. The van der Waals surface area contributed by atoms with E-state index in [2.05, 4.69) is 0 Å². The molecule has 3 aliphatic rings. The molecular weight excluding hydrogens is 477 g/mol. The Kier molecular flexibility index (Phi) is 5.66. The van der Waals surface area contributed by atoms with Crippen LogP contribution >= 0.6 is 0 Å². The van der Waals surface area contributed by atoms with E-state index in [0.717, 1.165) is 31.7 Å². The zero-order valence-corrected chi connectivity index (χ0v) is 20.5. The fourth-order valence-corrected chi connectivity index (χ4v) is 6.09. The van der Waals surface area contributed by atoms with E-state index >= 15 is 4.39 Å². The quantitative estimate of drug-likeness (QED) is 0.565. The van der Waals surface area contributed by atoms with Gasteiger partial charge in [-0.2, -0.15) is 0 Å². The number of carbonyl (C=O) groups is 2. The topological polar surface area (TPSA) is 92.1 Å². The Morgan fingerprint density at radius 3 is 2.54 bits per heavy atom. The SMILES string of the molecule is COc1c(N2C[C@H]3CCCN(C(=O)c4ccccc4)[C@H]3C2)c(F)cc2c(=O)c(C(=O)O)cn(C3CC3)c12. The molecule has 3 heterocycles. The minimum absolute atomic E-state index is 0.00222. The lowest BCUT2D eigenvalue weighted by molar-refractivity contribution is 0.0575. The van der Waals surface area contributed by atoms with Crippen LogP contribution in [0.15, 0.2) is 47.4 Å². The van der Waals surface area contributed by atoms with Gasteiger partial charge in [-0.3, -0.25) is 9.59 Å². The van der Waals surface area contributed by atoms with Crippen LogP contribution in [-0.4, -0.2) is 59.2 Å². The fourth-order valence-electron chi connectivity index (χ4n) is 6.09. The smallest absolute Gasteiger partial charge is 0.341 e. The van der Waals surface area contributed by atoms with Crippen molar-refractivity contribution in [3.05, 3.63) is 69.8 Å². The predicted octanol–water partition coefficient (Wildman–Crippen LogP) is 3.92. The van der Waals surface area contributed by atoms with Crippen molar-refractivity contribution in [3.8, 4) is 5.75 Å². The lowest BCUT2D eigenvalue weighted by Crippen LogP contribution is -2.48. The molecule has 3 aromatic rings. The number of nitrogens with zero attached hydrogens (tertiary/aromatic N) is 3. The molecule has 0 radical (unpaired) electrons. The molecule has 9 heteroatoms. The van der Waals surface area contributed by atoms with Crippen LogP contribution in [0.1, 0.15) is 52.4 Å². The number of amides is 1. The second kappa shape index (κ2) is 8.90. The van der Waals surface area contributed by atoms with Crippen LogP contribution in [0.2, 0.25) is 0 Å². The lowest BCUT2D eigenvalue weighted by atomic mass is 9.91. The van der Waals surface area contributed by atoms with E-state index in [1.807, 2.05) is 40.1 Å². The largest absolute Gasteiger partial charge is 0.492 e. The first kappa shape index (κ1) is 23.5. The molecule has 2 aliphatic heterocycles. The van der Waals surface area contributed by atoms with Crippen LogP contribution in [0.5, 0.6) is 5.75 Å². The molecule has 1 aliphatic carbocycles. The second-order valence-corrected chi connectivity index (χ2v) is 10.2. The van der Waals surface area contributed by atoms with Crippen LogP contribution in [0.4, 0.5) is 10.1 Å². The number of carbonyl (C=O) groups excluding carboxylic acids is 1. The Labute approximate surface area is 212 Å². The van der Waals surface area contributed by atoms with Gasteiger partial charge in [0.15, 0.2) is 11.6 Å². The Morgan fingerprint density at radius 1 is 1.11 bits per heavy atom. The van der Waals surface area contributed by atoms with Crippen molar-refractivity contribution in [1.82, 2.24) is 9.47 Å². The summed E-state index contributed by atoms with van der Waals surface area (Å²) < 4.78 is 23.3. The summed E-state index contributed by atoms with van der Waals surface area (Å²) in [5.41, 5.74) is 0.212. The van der Waals surface area contributed by atoms with E-state index < -0.39 is 17.2 Å². The third kappa shape index (κ3) is 3.84. The van der Waals surface area contributed by atoms with Crippen molar-refractivity contribution in [2.24, 2.45) is 5.92 Å². The van der Waals surface area contributed by atoms with Crippen molar-refractivity contribution >= 4 is 28.5 Å². The van der Waals surface area contributed by atoms with Gasteiger partial charge < -0.3 is 24.2 Å². The number of likely N-dealkylation sites (tertiary alicyclic amines) is 1. The number of fused-ring (bicyclic) bond motifs is 2. The number of benzene rings is 2. The van der Waals surface area contributed by atoms with Gasteiger partial charge in [0, 0.05) is 37.4 Å². The summed E-state index contributed by atoms with van der Waals surface area (Å²) in [6.45, 7) is 1.66. The number of halogens is 1. The third-order valence-corrected chi connectivity index (χ3v) is 7.95. The monoisotopic (exact) mass is 505 g/mol. The molecular formula is C28H28FN3O5. The standard InChI is InChI=1S/C28H28FN3O5/c1-37-26-23-19(25(33)20(28(35)36)14-32(23)18-9-10-18)12-21(29)24(26)30-13-17-8-5-11-31(22(17)15-30)27(34)16-6-3-2-4-7-16/h2-4,6-7,12,14,17-18,22H,5,8-11,13,15H2,1H3,(H,35,36)/t17-,22+/m1/s1. The summed E-state index contributed by atoms with van der Waals surface area (Å²) in [6.07, 6.45) is 4.86. The highest BCUT2D eigenvalue weighted by atomic mass is 19.1. The third-order valence-electron chi connectivity index (χ3n) is 7.95. The molecule has 2 atom stereocenters. The molecule has 192 valence electrons. The van der Waals surface area contributed by atoms with Gasteiger partial charge in [0.1, 0.15) is 11.3 Å². The zero-order valence-electron chi connectivity index (χ0n) is 20.5. The first-order valence-corrected chi connectivity index (χ1v) is 12.7. The highest BCUT2D eigenvalue weighted by molar-refractivity contribution is 5.97. The van der Waals surface area contributed by atoms with E-state index in [9.17, 15) is 19.5 Å². The first-order chi connectivity index (χ1) is 17.9. The van der Waals surface area contributed by atoms with Crippen LogP contribution in [0.3, 0.4) is 0 Å². The minimum Gasteiger partial charge on any atom is -0.492 e. The van der Waals surface area contributed by atoms with Gasteiger partial charge in [0.25, 0.3) is 5.91 Å². The van der Waals surface area contributed by atoms with Crippen LogP contribution in [-0.2, 0) is 0 Å². The van der Waals surface area contributed by atoms with E-state index in [-0.39, 0.29) is 46.3 Å². The number of rotatable bonds is 5. The van der Waals surface area contributed by atoms with Gasteiger partial charge in [-0.1, -0.05) is 18.2 Å². The number of piperidine rings is 1. The Balaban J connectivity index is 1.43. The van der Waals surface area contributed by atoms with E-state index in [1.54, 1.807) is 4.57 Å². The highest BCUT2D eigenvalue weighted by Crippen LogP contribution is 2.45. The summed E-state index contributed by atoms with van der Waals surface area (Å²) in [7, 11) is 1.44. The number of pyridine rings is 1. The maximum Gasteiger partial charge on any atom is 0.341 e. The molecule has 1 aromatic heterocycles. The van der Waals surface area contributed by atoms with Gasteiger partial charge in [0.2, 0.25) is 5.43 Å². The molecule has 1 saturated carbocycles. The number of ether oxygens (including phenoxy) is 1. The molecule has 1 amide bonds. The Hall–Kier alpha value is -3.88. The van der Waals surface area contributed by atoms with Gasteiger partial charge in [0.05, 0.1) is 24.1 Å². The summed E-state index contributed by atoms with van der Waals surface area (Å²) in [5, 5.41) is 9.57. The van der Waals surface area contributed by atoms with Crippen LogP contribution in [0.25, 0.3) is 10.9 Å².